The van der Waals surface area contributed by atoms with Crippen molar-refractivity contribution < 1.29 is 13.2 Å². The normalized spacial score (nSPS) is 16.0. The summed E-state index contributed by atoms with van der Waals surface area (Å²) in [7, 11) is -3.47. The average Bonchev–Trinajstić information content (AvgIpc) is 3.34. The minimum absolute atomic E-state index is 0.157. The highest BCUT2D eigenvalue weighted by Crippen LogP contribution is 2.23. The summed E-state index contributed by atoms with van der Waals surface area (Å²) in [5.41, 5.74) is 1.53. The van der Waals surface area contributed by atoms with Gasteiger partial charge in [0.1, 0.15) is 9.36 Å². The van der Waals surface area contributed by atoms with Crippen LogP contribution in [0.1, 0.15) is 31.0 Å². The molecule has 1 amide bonds. The van der Waals surface area contributed by atoms with Gasteiger partial charge in [-0.25, -0.2) is 8.42 Å². The van der Waals surface area contributed by atoms with Crippen molar-refractivity contribution in [2.45, 2.75) is 37.4 Å². The van der Waals surface area contributed by atoms with Crippen molar-refractivity contribution in [2.75, 3.05) is 26.2 Å². The van der Waals surface area contributed by atoms with Crippen molar-refractivity contribution in [2.24, 2.45) is 0 Å². The third kappa shape index (κ3) is 4.91. The highest BCUT2D eigenvalue weighted by atomic mass is 35.5. The van der Waals surface area contributed by atoms with E-state index in [2.05, 4.69) is 12.0 Å². The number of hydrogen-bond donors (Lipinski definition) is 0. The van der Waals surface area contributed by atoms with Gasteiger partial charge in [-0.3, -0.25) is 9.48 Å². The number of carbonyl (C=O) groups excluding carboxylic acids is 1. The smallest absolute Gasteiger partial charge is 0.252 e. The number of thiophene rings is 1. The summed E-state index contributed by atoms with van der Waals surface area (Å²) in [6.07, 6.45) is 5.22. The van der Waals surface area contributed by atoms with Crippen molar-refractivity contribution in [1.82, 2.24) is 19.0 Å². The predicted molar refractivity (Wildman–Crippen MR) is 116 cm³/mol. The molecule has 1 saturated heterocycles. The first-order chi connectivity index (χ1) is 13.8. The zero-order chi connectivity index (χ0) is 21.0. The predicted octanol–water partition coefficient (Wildman–Crippen LogP) is 3.25. The molecule has 10 heteroatoms. The number of halogens is 1. The molecule has 0 aliphatic carbocycles. The van der Waals surface area contributed by atoms with Crippen LogP contribution < -0.4 is 0 Å². The molecule has 1 fully saturated rings. The standard InChI is InChI=1S/C19H25ClN4O3S2/c1-3-4-9-24-19(20)16(15(2)21-24)7-8-17(25)22-10-12-23(13-11-22)29(26,27)18-6-5-14-28-18/h5-8,14H,3-4,9-13H2,1-2H3/b8-7+. The summed E-state index contributed by atoms with van der Waals surface area (Å²) in [5.74, 6) is -0.157. The number of nitrogens with zero attached hydrogens (tertiary/aromatic N) is 4. The molecule has 1 aliphatic heterocycles. The van der Waals surface area contributed by atoms with E-state index >= 15 is 0 Å². The molecule has 29 heavy (non-hydrogen) atoms. The van der Waals surface area contributed by atoms with E-state index in [0.717, 1.165) is 30.6 Å². The first-order valence-electron chi connectivity index (χ1n) is 9.58. The molecule has 2 aromatic rings. The van der Waals surface area contributed by atoms with E-state index in [0.29, 0.717) is 22.5 Å². The van der Waals surface area contributed by atoms with Crippen molar-refractivity contribution >= 4 is 44.9 Å². The first-order valence-corrected chi connectivity index (χ1v) is 12.3. The molecule has 0 atom stereocenters. The first kappa shape index (κ1) is 22.0. The Labute approximate surface area is 180 Å². The van der Waals surface area contributed by atoms with Gasteiger partial charge < -0.3 is 4.90 Å². The van der Waals surface area contributed by atoms with E-state index in [1.807, 2.05) is 6.92 Å². The van der Waals surface area contributed by atoms with Gasteiger partial charge in [0.05, 0.1) is 5.69 Å². The maximum Gasteiger partial charge on any atom is 0.252 e. The number of sulfonamides is 1. The molecule has 0 spiro atoms. The van der Waals surface area contributed by atoms with Crippen LogP contribution in [0, 0.1) is 6.92 Å². The molecule has 0 aromatic carbocycles. The quantitative estimate of drug-likeness (QED) is 0.599. The summed E-state index contributed by atoms with van der Waals surface area (Å²) in [6.45, 7) is 6.01. The largest absolute Gasteiger partial charge is 0.337 e. The molecule has 0 bridgehead atoms. The van der Waals surface area contributed by atoms with E-state index in [4.69, 9.17) is 11.6 Å². The number of unbranched alkanes of at least 4 members (excludes halogenated alkanes) is 1. The lowest BCUT2D eigenvalue weighted by Gasteiger charge is -2.33. The molecule has 0 radical (unpaired) electrons. The number of aryl methyl sites for hydroxylation is 2. The number of amides is 1. The van der Waals surface area contributed by atoms with Gasteiger partial charge in [0.25, 0.3) is 10.0 Å². The van der Waals surface area contributed by atoms with Crippen LogP contribution in [0.3, 0.4) is 0 Å². The Bertz CT molecular complexity index is 976. The fraction of sp³-hybridized carbons (Fsp3) is 0.474. The second kappa shape index (κ2) is 9.42. The number of rotatable bonds is 7. The highest BCUT2D eigenvalue weighted by molar-refractivity contribution is 7.91. The van der Waals surface area contributed by atoms with Crippen LogP contribution in [-0.4, -0.2) is 59.5 Å². The molecule has 0 saturated carbocycles. The van der Waals surface area contributed by atoms with Crippen LogP contribution in [0.5, 0.6) is 0 Å². The highest BCUT2D eigenvalue weighted by Gasteiger charge is 2.30. The Morgan fingerprint density at radius 1 is 1.31 bits per heavy atom. The number of aromatic nitrogens is 2. The van der Waals surface area contributed by atoms with Gasteiger partial charge in [-0.1, -0.05) is 31.0 Å². The van der Waals surface area contributed by atoms with Crippen LogP contribution in [0.4, 0.5) is 0 Å². The average molecular weight is 457 g/mol. The minimum Gasteiger partial charge on any atom is -0.337 e. The molecule has 2 aromatic heterocycles. The van der Waals surface area contributed by atoms with Crippen molar-refractivity contribution in [3.8, 4) is 0 Å². The van der Waals surface area contributed by atoms with Gasteiger partial charge in [0.15, 0.2) is 0 Å². The maximum atomic E-state index is 12.6. The lowest BCUT2D eigenvalue weighted by molar-refractivity contribution is -0.127. The van der Waals surface area contributed by atoms with Crippen LogP contribution in [-0.2, 0) is 21.4 Å². The van der Waals surface area contributed by atoms with Crippen LogP contribution in [0.25, 0.3) is 6.08 Å². The Kier molecular flexibility index (Phi) is 7.15. The van der Waals surface area contributed by atoms with Gasteiger partial charge in [-0.2, -0.15) is 9.40 Å². The van der Waals surface area contributed by atoms with E-state index in [1.54, 1.807) is 33.2 Å². The maximum absolute atomic E-state index is 12.6. The molecular weight excluding hydrogens is 432 g/mol. The molecule has 3 rings (SSSR count). The third-order valence-corrected chi connectivity index (χ3v) is 8.54. The van der Waals surface area contributed by atoms with Gasteiger partial charge in [-0.15, -0.1) is 11.3 Å². The molecule has 158 valence electrons. The van der Waals surface area contributed by atoms with Crippen LogP contribution in [0.2, 0.25) is 5.15 Å². The second-order valence-electron chi connectivity index (χ2n) is 6.86. The number of carbonyl (C=O) groups is 1. The van der Waals surface area contributed by atoms with Crippen LogP contribution >= 0.6 is 22.9 Å². The zero-order valence-electron chi connectivity index (χ0n) is 16.5. The lowest BCUT2D eigenvalue weighted by atomic mass is 10.2. The molecule has 3 heterocycles. The second-order valence-corrected chi connectivity index (χ2v) is 10.3. The van der Waals surface area contributed by atoms with Gasteiger partial charge in [0.2, 0.25) is 5.91 Å². The third-order valence-electron chi connectivity index (χ3n) is 4.86. The molecular formula is C19H25ClN4O3S2. The van der Waals surface area contributed by atoms with Gasteiger partial charge >= 0.3 is 0 Å². The minimum atomic E-state index is -3.47. The Morgan fingerprint density at radius 3 is 2.66 bits per heavy atom. The Morgan fingerprint density at radius 2 is 2.03 bits per heavy atom. The summed E-state index contributed by atoms with van der Waals surface area (Å²) in [4.78, 5) is 14.2. The van der Waals surface area contributed by atoms with Crippen molar-refractivity contribution in [3.05, 3.63) is 40.0 Å². The van der Waals surface area contributed by atoms with Gasteiger partial charge in [0, 0.05) is 44.4 Å². The van der Waals surface area contributed by atoms with Crippen LogP contribution in [0.15, 0.2) is 27.8 Å². The van der Waals surface area contributed by atoms with Crippen molar-refractivity contribution in [1.29, 1.82) is 0 Å². The van der Waals surface area contributed by atoms with E-state index in [1.165, 1.54) is 21.7 Å². The number of hydrogen-bond acceptors (Lipinski definition) is 5. The lowest BCUT2D eigenvalue weighted by Crippen LogP contribution is -2.50. The monoisotopic (exact) mass is 456 g/mol. The fourth-order valence-corrected chi connectivity index (χ4v) is 6.05. The van der Waals surface area contributed by atoms with Gasteiger partial charge in [-0.05, 0) is 30.9 Å². The van der Waals surface area contributed by atoms with E-state index in [9.17, 15) is 13.2 Å². The SMILES string of the molecule is CCCCn1nc(C)c(/C=C/C(=O)N2CCN(S(=O)(=O)c3cccs3)CC2)c1Cl. The van der Waals surface area contributed by atoms with E-state index < -0.39 is 10.0 Å². The molecule has 0 N–H and O–H groups in total. The summed E-state index contributed by atoms with van der Waals surface area (Å²) >= 11 is 7.61. The summed E-state index contributed by atoms with van der Waals surface area (Å²) in [5, 5.41) is 6.71. The zero-order valence-corrected chi connectivity index (χ0v) is 18.9. The van der Waals surface area contributed by atoms with Crippen molar-refractivity contribution in [3.63, 3.8) is 0 Å². The Hall–Kier alpha value is -1.68. The fourth-order valence-electron chi connectivity index (χ4n) is 3.16. The Balaban J connectivity index is 1.61. The summed E-state index contributed by atoms with van der Waals surface area (Å²) < 4.78 is 28.7. The summed E-state index contributed by atoms with van der Waals surface area (Å²) in [6, 6.07) is 3.33. The molecule has 1 aliphatic rings. The topological polar surface area (TPSA) is 75.5 Å². The molecule has 0 unspecified atom stereocenters. The number of piperazine rings is 1. The van der Waals surface area contributed by atoms with E-state index in [-0.39, 0.29) is 19.0 Å². The molecule has 7 nitrogen and oxygen atoms in total.